The number of hydrogen-bond acceptors (Lipinski definition) is 4. The maximum Gasteiger partial charge on any atom is 0.303 e. The molecule has 0 radical (unpaired) electrons. The number of fused-ring (bicyclic) bond motifs is 7. The number of carbonyl (C=O) groups is 3. The number of rotatable bonds is 2. The van der Waals surface area contributed by atoms with Gasteiger partial charge in [-0.3, -0.25) is 14.4 Å². The maximum absolute atomic E-state index is 12.9. The Labute approximate surface area is 187 Å². The lowest BCUT2D eigenvalue weighted by molar-refractivity contribution is -0.184. The molecule has 0 bridgehead atoms. The van der Waals surface area contributed by atoms with E-state index in [0.29, 0.717) is 23.3 Å². The first kappa shape index (κ1) is 20.8. The highest BCUT2D eigenvalue weighted by molar-refractivity contribution is 6.32. The third kappa shape index (κ3) is 2.28. The van der Waals surface area contributed by atoms with Crippen LogP contribution in [0.5, 0.6) is 0 Å². The molecule has 6 heteroatoms. The highest BCUT2D eigenvalue weighted by Gasteiger charge is 2.73. The van der Waals surface area contributed by atoms with Crippen molar-refractivity contribution in [2.45, 2.75) is 64.4 Å². The van der Waals surface area contributed by atoms with Gasteiger partial charge in [-0.1, -0.05) is 31.5 Å². The first-order valence-electron chi connectivity index (χ1n) is 11.0. The molecule has 162 valence electrons. The van der Waals surface area contributed by atoms with Crippen LogP contribution in [0, 0.1) is 40.4 Å². The van der Waals surface area contributed by atoms with Gasteiger partial charge in [0.25, 0.3) is 0 Å². The van der Waals surface area contributed by atoms with E-state index in [1.807, 2.05) is 0 Å². The van der Waals surface area contributed by atoms with Gasteiger partial charge >= 0.3 is 5.97 Å². The summed E-state index contributed by atoms with van der Waals surface area (Å²) in [5.74, 6) is 0.627. The molecule has 4 nitrogen and oxygen atoms in total. The van der Waals surface area contributed by atoms with Crippen LogP contribution < -0.4 is 0 Å². The topological polar surface area (TPSA) is 60.4 Å². The highest BCUT2D eigenvalue weighted by atomic mass is 35.5. The second kappa shape index (κ2) is 6.22. The number of ketones is 2. The zero-order valence-corrected chi connectivity index (χ0v) is 19.3. The Morgan fingerprint density at radius 1 is 1.13 bits per heavy atom. The van der Waals surface area contributed by atoms with Crippen molar-refractivity contribution < 1.29 is 19.1 Å². The van der Waals surface area contributed by atoms with Crippen LogP contribution in [-0.4, -0.2) is 28.5 Å². The molecule has 30 heavy (non-hydrogen) atoms. The van der Waals surface area contributed by atoms with Gasteiger partial charge in [-0.05, 0) is 67.9 Å². The summed E-state index contributed by atoms with van der Waals surface area (Å²) < 4.78 is 5.80. The maximum atomic E-state index is 12.9. The fourth-order valence-corrected chi connectivity index (χ4v) is 9.08. The van der Waals surface area contributed by atoms with Crippen molar-refractivity contribution in [2.24, 2.45) is 40.4 Å². The summed E-state index contributed by atoms with van der Waals surface area (Å²) in [5.41, 5.74) is -0.980. The van der Waals surface area contributed by atoms with Crippen LogP contribution in [0.15, 0.2) is 22.8 Å². The van der Waals surface area contributed by atoms with Gasteiger partial charge in [-0.25, -0.2) is 0 Å². The standard InChI is InChI=1S/C24H28Cl2O4/c1-11(27)24(30-12(2)28)21(26)10-16-13-8-19(25)18-9-20(29)14-7-17(14)23(18,4)15(13)5-6-22(16,24)3/h8-9,13-17,21H,5-7,10H2,1-4H3/t13-,14-,15+,16+,17+,21+,22+,23+,24-/m1/s1. The molecule has 9 atom stereocenters. The molecule has 5 rings (SSSR count). The average Bonchev–Trinajstić information content (AvgIpc) is 3.42. The lowest BCUT2D eigenvalue weighted by atomic mass is 9.47. The van der Waals surface area contributed by atoms with E-state index < -0.39 is 22.4 Å². The van der Waals surface area contributed by atoms with Crippen molar-refractivity contribution in [3.8, 4) is 0 Å². The molecule has 0 unspecified atom stereocenters. The fraction of sp³-hybridized carbons (Fsp3) is 0.708. The summed E-state index contributed by atoms with van der Waals surface area (Å²) >= 11 is 13.6. The Morgan fingerprint density at radius 3 is 2.47 bits per heavy atom. The summed E-state index contributed by atoms with van der Waals surface area (Å²) in [6.45, 7) is 7.19. The van der Waals surface area contributed by atoms with Crippen molar-refractivity contribution in [3.05, 3.63) is 22.8 Å². The van der Waals surface area contributed by atoms with Gasteiger partial charge in [0, 0.05) is 28.7 Å². The monoisotopic (exact) mass is 450 g/mol. The van der Waals surface area contributed by atoms with E-state index in [9.17, 15) is 14.4 Å². The molecule has 0 aromatic carbocycles. The van der Waals surface area contributed by atoms with Crippen LogP contribution in [0.4, 0.5) is 0 Å². The van der Waals surface area contributed by atoms with E-state index in [2.05, 4.69) is 19.9 Å². The van der Waals surface area contributed by atoms with Gasteiger partial charge in [0.05, 0.1) is 5.38 Å². The van der Waals surface area contributed by atoms with Crippen molar-refractivity contribution >= 4 is 40.7 Å². The second-order valence-electron chi connectivity index (χ2n) is 10.5. The van der Waals surface area contributed by atoms with Crippen molar-refractivity contribution in [2.75, 3.05) is 0 Å². The minimum Gasteiger partial charge on any atom is -0.449 e. The number of esters is 1. The van der Waals surface area contributed by atoms with E-state index >= 15 is 0 Å². The second-order valence-corrected chi connectivity index (χ2v) is 11.5. The lowest BCUT2D eigenvalue weighted by Crippen LogP contribution is -2.60. The number of Topliss-reactive ketones (excluding diaryl/α,β-unsaturated/α-hetero) is 1. The third-order valence-electron chi connectivity index (χ3n) is 9.46. The molecule has 0 heterocycles. The van der Waals surface area contributed by atoms with E-state index in [1.54, 1.807) is 6.08 Å². The Morgan fingerprint density at radius 2 is 1.83 bits per heavy atom. The van der Waals surface area contributed by atoms with E-state index in [1.165, 1.54) is 13.8 Å². The van der Waals surface area contributed by atoms with Crippen molar-refractivity contribution in [3.63, 3.8) is 0 Å². The first-order chi connectivity index (χ1) is 14.0. The molecule has 5 aliphatic rings. The van der Waals surface area contributed by atoms with Gasteiger partial charge < -0.3 is 4.74 Å². The van der Waals surface area contributed by atoms with Gasteiger partial charge in [0.15, 0.2) is 17.2 Å². The molecular formula is C24H28Cl2O4. The number of alkyl halides is 1. The zero-order valence-electron chi connectivity index (χ0n) is 17.8. The number of halogens is 2. The Kier molecular flexibility index (Phi) is 4.30. The molecule has 0 saturated heterocycles. The first-order valence-corrected chi connectivity index (χ1v) is 11.8. The van der Waals surface area contributed by atoms with Crippen LogP contribution in [0.1, 0.15) is 53.4 Å². The van der Waals surface area contributed by atoms with Crippen LogP contribution in [-0.2, 0) is 19.1 Å². The average molecular weight is 451 g/mol. The third-order valence-corrected chi connectivity index (χ3v) is 10.3. The zero-order chi connectivity index (χ0) is 21.8. The van der Waals surface area contributed by atoms with Gasteiger partial charge in [0.2, 0.25) is 0 Å². The molecular weight excluding hydrogens is 423 g/mol. The summed E-state index contributed by atoms with van der Waals surface area (Å²) in [5, 5.41) is 0.104. The molecule has 0 N–H and O–H groups in total. The highest BCUT2D eigenvalue weighted by Crippen LogP contribution is 2.72. The molecule has 0 aromatic heterocycles. The predicted molar refractivity (Wildman–Crippen MR) is 114 cm³/mol. The van der Waals surface area contributed by atoms with Crippen LogP contribution in [0.25, 0.3) is 0 Å². The van der Waals surface area contributed by atoms with Gasteiger partial charge in [0.1, 0.15) is 0 Å². The lowest BCUT2D eigenvalue weighted by Gasteiger charge is -2.57. The van der Waals surface area contributed by atoms with Crippen molar-refractivity contribution in [1.82, 2.24) is 0 Å². The quantitative estimate of drug-likeness (QED) is 0.446. The molecule has 0 spiro atoms. The number of ether oxygens (including phenoxy) is 1. The smallest absolute Gasteiger partial charge is 0.303 e. The van der Waals surface area contributed by atoms with Crippen LogP contribution in [0.3, 0.4) is 0 Å². The molecule has 3 saturated carbocycles. The number of carbonyl (C=O) groups excluding carboxylic acids is 3. The molecule has 3 fully saturated rings. The predicted octanol–water partition coefficient (Wildman–Crippen LogP) is 4.82. The van der Waals surface area contributed by atoms with E-state index in [4.69, 9.17) is 27.9 Å². The molecule has 5 aliphatic carbocycles. The van der Waals surface area contributed by atoms with E-state index in [-0.39, 0.29) is 34.7 Å². The van der Waals surface area contributed by atoms with E-state index in [0.717, 1.165) is 24.8 Å². The number of allylic oxidation sites excluding steroid dienone is 4. The van der Waals surface area contributed by atoms with Gasteiger partial charge in [-0.15, -0.1) is 11.6 Å². The minimum atomic E-state index is -1.31. The normalized spacial score (nSPS) is 50.9. The van der Waals surface area contributed by atoms with Crippen LogP contribution in [0.2, 0.25) is 0 Å². The minimum absolute atomic E-state index is 0.0870. The van der Waals surface area contributed by atoms with Crippen LogP contribution >= 0.6 is 23.2 Å². The Balaban J connectivity index is 1.62. The molecule has 0 aromatic rings. The van der Waals surface area contributed by atoms with Gasteiger partial charge in [-0.2, -0.15) is 0 Å². The number of hydrogen-bond donors (Lipinski definition) is 0. The Bertz CT molecular complexity index is 937. The van der Waals surface area contributed by atoms with Crippen molar-refractivity contribution in [1.29, 1.82) is 0 Å². The Hall–Kier alpha value is -1.13. The fourth-order valence-electron chi connectivity index (χ4n) is 8.03. The summed E-state index contributed by atoms with van der Waals surface area (Å²) in [6, 6.07) is 0. The summed E-state index contributed by atoms with van der Waals surface area (Å²) in [4.78, 5) is 37.4. The largest absolute Gasteiger partial charge is 0.449 e. The molecule has 0 amide bonds. The summed E-state index contributed by atoms with van der Waals surface area (Å²) in [6.07, 6.45) is 7.08. The summed E-state index contributed by atoms with van der Waals surface area (Å²) in [7, 11) is 0. The molecule has 0 aliphatic heterocycles. The SMILES string of the molecule is CC(=O)O[C@]1(C(C)=O)[C@@H](Cl)C[C@H]2[C@@H]3C=C(Cl)C4=CC(=O)[C@@H]5C[C@@H]5[C@]4(C)[C@H]3CC[C@@]21C.